The lowest BCUT2D eigenvalue weighted by Crippen LogP contribution is -2.33. The Morgan fingerprint density at radius 2 is 1.72 bits per heavy atom. The minimum Gasteiger partial charge on any atom is -0.349 e. The van der Waals surface area contributed by atoms with Crippen LogP contribution in [0.5, 0.6) is 0 Å². The predicted octanol–water partition coefficient (Wildman–Crippen LogP) is 5.58. The summed E-state index contributed by atoms with van der Waals surface area (Å²) in [6.45, 7) is 4.00. The number of benzene rings is 2. The van der Waals surface area contributed by atoms with E-state index in [1.807, 2.05) is 31.2 Å². The van der Waals surface area contributed by atoms with Crippen LogP contribution in [0, 0.1) is 0 Å². The number of carbonyl (C=O) groups excluding carboxylic acids is 1. The van der Waals surface area contributed by atoms with E-state index in [1.165, 1.54) is 36.0 Å². The maximum Gasteiger partial charge on any atom is 0.233 e. The van der Waals surface area contributed by atoms with E-state index in [0.717, 1.165) is 11.3 Å². The molecule has 1 aliphatic rings. The lowest BCUT2D eigenvalue weighted by Gasteiger charge is -2.21. The van der Waals surface area contributed by atoms with Gasteiger partial charge in [-0.05, 0) is 80.5 Å². The molecule has 0 radical (unpaired) electrons. The van der Waals surface area contributed by atoms with E-state index >= 15 is 0 Å². The van der Waals surface area contributed by atoms with Crippen LogP contribution in [0.1, 0.15) is 49.4 Å². The summed E-state index contributed by atoms with van der Waals surface area (Å²) in [5.41, 5.74) is 4.12. The first kappa shape index (κ1) is 18.3. The van der Waals surface area contributed by atoms with Crippen molar-refractivity contribution >= 4 is 29.3 Å². The zero-order valence-electron chi connectivity index (χ0n) is 14.7. The van der Waals surface area contributed by atoms with Gasteiger partial charge in [-0.3, -0.25) is 4.79 Å². The molecule has 0 fully saturated rings. The number of halogens is 1. The van der Waals surface area contributed by atoms with E-state index in [0.29, 0.717) is 5.02 Å². The number of hydrogen-bond acceptors (Lipinski definition) is 2. The predicted molar refractivity (Wildman–Crippen MR) is 106 cm³/mol. The molecule has 0 bridgehead atoms. The van der Waals surface area contributed by atoms with E-state index in [4.69, 9.17) is 11.6 Å². The topological polar surface area (TPSA) is 29.1 Å². The highest BCUT2D eigenvalue weighted by Crippen LogP contribution is 2.27. The molecule has 2 atom stereocenters. The van der Waals surface area contributed by atoms with Crippen LogP contribution in [0.25, 0.3) is 0 Å². The highest BCUT2D eigenvalue weighted by atomic mass is 35.5. The van der Waals surface area contributed by atoms with Crippen LogP contribution in [0.4, 0.5) is 0 Å². The lowest BCUT2D eigenvalue weighted by molar-refractivity contribution is -0.120. The summed E-state index contributed by atoms with van der Waals surface area (Å²) in [6, 6.07) is 14.3. The minimum atomic E-state index is -0.152. The molecule has 1 N–H and O–H groups in total. The van der Waals surface area contributed by atoms with Crippen LogP contribution >= 0.6 is 23.4 Å². The normalized spacial score (nSPS) is 16.0. The molecule has 2 nitrogen and oxygen atoms in total. The fourth-order valence-electron chi connectivity index (χ4n) is 3.21. The van der Waals surface area contributed by atoms with Gasteiger partial charge in [0, 0.05) is 9.92 Å². The van der Waals surface area contributed by atoms with Gasteiger partial charge in [-0.15, -0.1) is 11.8 Å². The molecule has 0 saturated heterocycles. The van der Waals surface area contributed by atoms with Gasteiger partial charge in [0.05, 0.1) is 11.3 Å². The average Bonchev–Trinajstić information content (AvgIpc) is 2.63. The number of fused-ring (bicyclic) bond motifs is 1. The van der Waals surface area contributed by atoms with Gasteiger partial charge < -0.3 is 5.32 Å². The molecule has 0 aliphatic heterocycles. The van der Waals surface area contributed by atoms with Crippen molar-refractivity contribution < 1.29 is 4.79 Å². The van der Waals surface area contributed by atoms with Gasteiger partial charge in [-0.1, -0.05) is 29.8 Å². The van der Waals surface area contributed by atoms with E-state index in [-0.39, 0.29) is 17.2 Å². The summed E-state index contributed by atoms with van der Waals surface area (Å²) >= 11 is 7.46. The minimum absolute atomic E-state index is 0.0213. The SMILES string of the molecule is C[C@H](Sc1ccc(Cl)cc1)C(=O)N[C@H](C)c1ccc2c(c1)CCCC2. The third kappa shape index (κ3) is 4.80. The molecule has 25 heavy (non-hydrogen) atoms. The van der Waals surface area contributed by atoms with Crippen molar-refractivity contribution in [3.63, 3.8) is 0 Å². The Balaban J connectivity index is 1.60. The van der Waals surface area contributed by atoms with Gasteiger partial charge in [0.15, 0.2) is 0 Å². The zero-order chi connectivity index (χ0) is 17.8. The van der Waals surface area contributed by atoms with Gasteiger partial charge in [-0.2, -0.15) is 0 Å². The van der Waals surface area contributed by atoms with Gasteiger partial charge in [-0.25, -0.2) is 0 Å². The molecular formula is C21H24ClNOS. The Kier molecular flexibility index (Phi) is 6.08. The van der Waals surface area contributed by atoms with E-state index < -0.39 is 0 Å². The number of aryl methyl sites for hydroxylation is 2. The van der Waals surface area contributed by atoms with Crippen molar-refractivity contribution in [3.05, 3.63) is 64.2 Å². The van der Waals surface area contributed by atoms with Crippen molar-refractivity contribution in [2.75, 3.05) is 0 Å². The van der Waals surface area contributed by atoms with Crippen LogP contribution in [-0.4, -0.2) is 11.2 Å². The van der Waals surface area contributed by atoms with Crippen molar-refractivity contribution in [1.82, 2.24) is 5.32 Å². The van der Waals surface area contributed by atoms with Crippen molar-refractivity contribution in [3.8, 4) is 0 Å². The highest BCUT2D eigenvalue weighted by molar-refractivity contribution is 8.00. The molecule has 0 unspecified atom stereocenters. The molecule has 2 aromatic carbocycles. The Morgan fingerprint density at radius 1 is 1.04 bits per heavy atom. The second-order valence-corrected chi connectivity index (χ2v) is 8.53. The maximum atomic E-state index is 12.5. The Labute approximate surface area is 159 Å². The van der Waals surface area contributed by atoms with Crippen molar-refractivity contribution in [2.45, 2.75) is 55.7 Å². The van der Waals surface area contributed by atoms with Crippen LogP contribution in [-0.2, 0) is 17.6 Å². The van der Waals surface area contributed by atoms with Crippen LogP contribution in [0.2, 0.25) is 5.02 Å². The van der Waals surface area contributed by atoms with Gasteiger partial charge >= 0.3 is 0 Å². The molecule has 1 amide bonds. The maximum absolute atomic E-state index is 12.5. The number of thioether (sulfide) groups is 1. The second kappa shape index (κ2) is 8.29. The monoisotopic (exact) mass is 373 g/mol. The summed E-state index contributed by atoms with van der Waals surface area (Å²) < 4.78 is 0. The molecule has 0 saturated carbocycles. The van der Waals surface area contributed by atoms with E-state index in [1.54, 1.807) is 11.8 Å². The Hall–Kier alpha value is -1.45. The standard InChI is InChI=1S/C21H24ClNOS/c1-14(17-8-7-16-5-3-4-6-18(16)13-17)23-21(24)15(2)25-20-11-9-19(22)10-12-20/h7-15H,3-6H2,1-2H3,(H,23,24)/t14-,15+/m1/s1. The largest absolute Gasteiger partial charge is 0.349 e. The molecule has 0 aromatic heterocycles. The summed E-state index contributed by atoms with van der Waals surface area (Å²) in [4.78, 5) is 13.6. The lowest BCUT2D eigenvalue weighted by atomic mass is 9.89. The first-order valence-electron chi connectivity index (χ1n) is 8.87. The fraction of sp³-hybridized carbons (Fsp3) is 0.381. The first-order valence-corrected chi connectivity index (χ1v) is 10.1. The summed E-state index contributed by atoms with van der Waals surface area (Å²) in [5, 5.41) is 3.71. The highest BCUT2D eigenvalue weighted by Gasteiger charge is 2.18. The molecule has 3 rings (SSSR count). The molecule has 0 spiro atoms. The molecular weight excluding hydrogens is 350 g/mol. The summed E-state index contributed by atoms with van der Waals surface area (Å²) in [5.74, 6) is 0.0603. The molecule has 2 aromatic rings. The van der Waals surface area contributed by atoms with Gasteiger partial charge in [0.1, 0.15) is 0 Å². The van der Waals surface area contributed by atoms with Crippen LogP contribution < -0.4 is 5.32 Å². The van der Waals surface area contributed by atoms with Crippen molar-refractivity contribution in [1.29, 1.82) is 0 Å². The number of nitrogens with one attached hydrogen (secondary N) is 1. The second-order valence-electron chi connectivity index (χ2n) is 6.68. The summed E-state index contributed by atoms with van der Waals surface area (Å²) in [7, 11) is 0. The number of carbonyl (C=O) groups is 1. The van der Waals surface area contributed by atoms with Gasteiger partial charge in [0.2, 0.25) is 5.91 Å². The third-order valence-corrected chi connectivity index (χ3v) is 6.09. The van der Waals surface area contributed by atoms with E-state index in [2.05, 4.69) is 30.4 Å². The van der Waals surface area contributed by atoms with Crippen LogP contribution in [0.3, 0.4) is 0 Å². The Bertz CT molecular complexity index is 744. The zero-order valence-corrected chi connectivity index (χ0v) is 16.3. The fourth-order valence-corrected chi connectivity index (χ4v) is 4.21. The molecule has 132 valence electrons. The molecule has 4 heteroatoms. The summed E-state index contributed by atoms with van der Waals surface area (Å²) in [6.07, 6.45) is 4.90. The quantitative estimate of drug-likeness (QED) is 0.693. The number of amides is 1. The Morgan fingerprint density at radius 3 is 2.44 bits per heavy atom. The number of rotatable bonds is 5. The van der Waals surface area contributed by atoms with Crippen LogP contribution in [0.15, 0.2) is 47.4 Å². The average molecular weight is 374 g/mol. The third-order valence-electron chi connectivity index (χ3n) is 4.73. The smallest absolute Gasteiger partial charge is 0.233 e. The van der Waals surface area contributed by atoms with Crippen molar-refractivity contribution in [2.24, 2.45) is 0 Å². The molecule has 1 aliphatic carbocycles. The van der Waals surface area contributed by atoms with Gasteiger partial charge in [0.25, 0.3) is 0 Å². The molecule has 0 heterocycles. The number of hydrogen-bond donors (Lipinski definition) is 1. The first-order chi connectivity index (χ1) is 12.0. The van der Waals surface area contributed by atoms with E-state index in [9.17, 15) is 4.79 Å².